The molecule has 0 bridgehead atoms. The number of carbonyl (C=O) groups is 2. The van der Waals surface area contributed by atoms with E-state index in [0.717, 1.165) is 5.56 Å². The van der Waals surface area contributed by atoms with Crippen molar-refractivity contribution in [2.75, 3.05) is 18.0 Å². The number of nitrogens with two attached hydrogens (primary N) is 1. The fraction of sp³-hybridized carbons (Fsp3) is 0.429. The molecule has 1 heterocycles. The van der Waals surface area contributed by atoms with Crippen LogP contribution in [-0.2, 0) is 14.8 Å². The summed E-state index contributed by atoms with van der Waals surface area (Å²) < 4.78 is 22.8. The second kappa shape index (κ2) is 6.05. The van der Waals surface area contributed by atoms with E-state index >= 15 is 0 Å². The van der Waals surface area contributed by atoms with Crippen LogP contribution in [0.2, 0.25) is 0 Å². The van der Waals surface area contributed by atoms with Crippen LogP contribution in [0, 0.1) is 6.92 Å². The summed E-state index contributed by atoms with van der Waals surface area (Å²) in [6, 6.07) is 4.95. The Morgan fingerprint density at radius 1 is 1.45 bits per heavy atom. The molecule has 2 amide bonds. The summed E-state index contributed by atoms with van der Waals surface area (Å²) in [4.78, 5) is 25.2. The lowest BCUT2D eigenvalue weighted by Crippen LogP contribution is -2.32. The summed E-state index contributed by atoms with van der Waals surface area (Å²) in [6.07, 6.45) is -0.115. The molecular formula is C14H19N3O4S. The second-order valence-corrected chi connectivity index (χ2v) is 7.12. The molecule has 1 fully saturated rings. The average Bonchev–Trinajstić information content (AvgIpc) is 2.81. The van der Waals surface area contributed by atoms with E-state index in [1.54, 1.807) is 25.1 Å². The van der Waals surface area contributed by atoms with Gasteiger partial charge < -0.3 is 10.2 Å². The molecule has 3 N–H and O–H groups in total. The number of primary sulfonamides is 1. The summed E-state index contributed by atoms with van der Waals surface area (Å²) >= 11 is 0. The van der Waals surface area contributed by atoms with Gasteiger partial charge in [-0.1, -0.05) is 0 Å². The van der Waals surface area contributed by atoms with Gasteiger partial charge in [-0.05, 0) is 37.6 Å². The quantitative estimate of drug-likeness (QED) is 0.820. The Hall–Kier alpha value is -1.93. The molecule has 22 heavy (non-hydrogen) atoms. The summed E-state index contributed by atoms with van der Waals surface area (Å²) in [5.41, 5.74) is 1.83. The number of aryl methyl sites for hydroxylation is 1. The number of carbonyl (C=O) groups excluding carboxylic acids is 2. The first kappa shape index (κ1) is 16.4. The van der Waals surface area contributed by atoms with E-state index in [1.807, 2.05) is 6.92 Å². The molecule has 1 unspecified atom stereocenters. The Balaban J connectivity index is 2.27. The van der Waals surface area contributed by atoms with Crippen LogP contribution >= 0.6 is 0 Å². The molecule has 120 valence electrons. The number of benzene rings is 1. The lowest BCUT2D eigenvalue weighted by Gasteiger charge is -2.19. The number of hydrogen-bond acceptors (Lipinski definition) is 4. The number of nitrogens with one attached hydrogen (secondary N) is 1. The molecule has 1 aromatic rings. The van der Waals surface area contributed by atoms with Crippen LogP contribution in [-0.4, -0.2) is 38.6 Å². The fourth-order valence-electron chi connectivity index (χ4n) is 2.49. The van der Waals surface area contributed by atoms with Gasteiger partial charge in [0.1, 0.15) is 5.25 Å². The second-order valence-electron chi connectivity index (χ2n) is 5.28. The maximum absolute atomic E-state index is 12.0. The molecule has 1 aliphatic rings. The number of nitrogens with zero attached hydrogens (tertiary/aromatic N) is 1. The van der Waals surface area contributed by atoms with E-state index in [2.05, 4.69) is 5.32 Å². The molecular weight excluding hydrogens is 306 g/mol. The minimum Gasteiger partial charge on any atom is -0.352 e. The molecule has 0 radical (unpaired) electrons. The van der Waals surface area contributed by atoms with Crippen molar-refractivity contribution < 1.29 is 18.0 Å². The van der Waals surface area contributed by atoms with Gasteiger partial charge in [-0.3, -0.25) is 9.59 Å². The van der Waals surface area contributed by atoms with Crippen LogP contribution in [0.3, 0.4) is 0 Å². The third kappa shape index (κ3) is 3.28. The van der Waals surface area contributed by atoms with Crippen molar-refractivity contribution in [2.45, 2.75) is 25.5 Å². The number of amides is 2. The highest BCUT2D eigenvalue weighted by Crippen LogP contribution is 2.27. The van der Waals surface area contributed by atoms with Crippen molar-refractivity contribution in [1.29, 1.82) is 0 Å². The Labute approximate surface area is 129 Å². The molecule has 0 aromatic heterocycles. The van der Waals surface area contributed by atoms with Crippen LogP contribution in [0.4, 0.5) is 5.69 Å². The van der Waals surface area contributed by atoms with Gasteiger partial charge >= 0.3 is 0 Å². The van der Waals surface area contributed by atoms with E-state index in [-0.39, 0.29) is 24.8 Å². The van der Waals surface area contributed by atoms with Crippen LogP contribution in [0.5, 0.6) is 0 Å². The van der Waals surface area contributed by atoms with Crippen molar-refractivity contribution >= 4 is 27.5 Å². The van der Waals surface area contributed by atoms with E-state index in [4.69, 9.17) is 5.14 Å². The van der Waals surface area contributed by atoms with Crippen molar-refractivity contribution in [3.05, 3.63) is 29.3 Å². The molecule has 0 aliphatic carbocycles. The topological polar surface area (TPSA) is 110 Å². The van der Waals surface area contributed by atoms with Crippen LogP contribution < -0.4 is 15.4 Å². The molecule has 1 atom stereocenters. The number of rotatable bonds is 4. The first-order valence-corrected chi connectivity index (χ1v) is 8.55. The van der Waals surface area contributed by atoms with Crippen molar-refractivity contribution in [3.8, 4) is 0 Å². The molecule has 7 nitrogen and oxygen atoms in total. The van der Waals surface area contributed by atoms with Gasteiger partial charge in [0.2, 0.25) is 15.9 Å². The molecule has 1 aromatic carbocycles. The number of hydrogen-bond donors (Lipinski definition) is 2. The van der Waals surface area contributed by atoms with Crippen molar-refractivity contribution in [1.82, 2.24) is 5.32 Å². The van der Waals surface area contributed by atoms with Gasteiger partial charge in [-0.2, -0.15) is 0 Å². The molecule has 0 spiro atoms. The predicted molar refractivity (Wildman–Crippen MR) is 83.1 cm³/mol. The van der Waals surface area contributed by atoms with Gasteiger partial charge in [0.25, 0.3) is 5.91 Å². The standard InChI is InChI=1S/C14H19N3O4S/c1-3-16-14(19)10-4-5-12(9(2)6-10)17-8-11(7-13(17)18)22(15,20)21/h4-6,11H,3,7-8H2,1-2H3,(H,16,19)(H2,15,20,21). The van der Waals surface area contributed by atoms with Crippen molar-refractivity contribution in [3.63, 3.8) is 0 Å². The first-order chi connectivity index (χ1) is 10.2. The normalized spacial score (nSPS) is 18.6. The van der Waals surface area contributed by atoms with Crippen LogP contribution in [0.25, 0.3) is 0 Å². The minimum atomic E-state index is -3.74. The summed E-state index contributed by atoms with van der Waals surface area (Å²) in [5.74, 6) is -0.472. The maximum Gasteiger partial charge on any atom is 0.251 e. The predicted octanol–water partition coefficient (Wildman–Crippen LogP) is 0.139. The van der Waals surface area contributed by atoms with E-state index in [9.17, 15) is 18.0 Å². The van der Waals surface area contributed by atoms with Gasteiger partial charge in [0.15, 0.2) is 0 Å². The Morgan fingerprint density at radius 2 is 2.14 bits per heavy atom. The SMILES string of the molecule is CCNC(=O)c1ccc(N2CC(S(N)(=O)=O)CC2=O)c(C)c1. The molecule has 1 aliphatic heterocycles. The Morgan fingerprint density at radius 3 is 2.64 bits per heavy atom. The highest BCUT2D eigenvalue weighted by Gasteiger charge is 2.37. The lowest BCUT2D eigenvalue weighted by molar-refractivity contribution is -0.117. The zero-order chi connectivity index (χ0) is 16.5. The fourth-order valence-corrected chi connectivity index (χ4v) is 3.22. The maximum atomic E-state index is 12.0. The summed E-state index contributed by atoms with van der Waals surface area (Å²) in [6.45, 7) is 4.17. The third-order valence-electron chi connectivity index (χ3n) is 3.64. The number of anilines is 1. The van der Waals surface area contributed by atoms with Gasteiger partial charge in [-0.25, -0.2) is 13.6 Å². The van der Waals surface area contributed by atoms with Gasteiger partial charge in [0.05, 0.1) is 0 Å². The van der Waals surface area contributed by atoms with E-state index < -0.39 is 15.3 Å². The van der Waals surface area contributed by atoms with Crippen LogP contribution in [0.1, 0.15) is 29.3 Å². The number of sulfonamides is 1. The average molecular weight is 325 g/mol. The monoisotopic (exact) mass is 325 g/mol. The van der Waals surface area contributed by atoms with Gasteiger partial charge in [0, 0.05) is 30.8 Å². The molecule has 0 saturated carbocycles. The minimum absolute atomic E-state index is 0.0407. The molecule has 1 saturated heterocycles. The smallest absolute Gasteiger partial charge is 0.251 e. The third-order valence-corrected chi connectivity index (χ3v) is 4.89. The van der Waals surface area contributed by atoms with E-state index in [1.165, 1.54) is 4.90 Å². The van der Waals surface area contributed by atoms with Crippen LogP contribution in [0.15, 0.2) is 18.2 Å². The van der Waals surface area contributed by atoms with E-state index in [0.29, 0.717) is 17.8 Å². The Kier molecular flexibility index (Phi) is 4.52. The van der Waals surface area contributed by atoms with Gasteiger partial charge in [-0.15, -0.1) is 0 Å². The molecule has 8 heteroatoms. The Bertz CT molecular complexity index is 715. The lowest BCUT2D eigenvalue weighted by atomic mass is 10.1. The zero-order valence-electron chi connectivity index (χ0n) is 12.5. The first-order valence-electron chi connectivity index (χ1n) is 6.95. The zero-order valence-corrected chi connectivity index (χ0v) is 13.3. The largest absolute Gasteiger partial charge is 0.352 e. The summed E-state index contributed by atoms with van der Waals surface area (Å²) in [7, 11) is -3.74. The molecule has 2 rings (SSSR count). The van der Waals surface area contributed by atoms with Crippen molar-refractivity contribution in [2.24, 2.45) is 5.14 Å². The summed E-state index contributed by atoms with van der Waals surface area (Å²) in [5, 5.41) is 6.93. The highest BCUT2D eigenvalue weighted by atomic mass is 32.2. The highest BCUT2D eigenvalue weighted by molar-refractivity contribution is 7.89.